The van der Waals surface area contributed by atoms with Gasteiger partial charge < -0.3 is 10.1 Å². The number of carbonyl (C=O) groups is 1. The van der Waals surface area contributed by atoms with Gasteiger partial charge in [0, 0.05) is 18.0 Å². The number of hydrogen-bond acceptors (Lipinski definition) is 3. The van der Waals surface area contributed by atoms with Gasteiger partial charge in [-0.2, -0.15) is 0 Å². The van der Waals surface area contributed by atoms with E-state index < -0.39 is 5.97 Å². The van der Waals surface area contributed by atoms with Crippen molar-refractivity contribution >= 4 is 17.0 Å². The summed E-state index contributed by atoms with van der Waals surface area (Å²) < 4.78 is 0. The van der Waals surface area contributed by atoms with Crippen molar-refractivity contribution in [2.45, 2.75) is 33.1 Å². The molecule has 2 N–H and O–H groups in total. The molecule has 5 heteroatoms. The third-order valence-corrected chi connectivity index (χ3v) is 2.84. The van der Waals surface area contributed by atoms with Crippen LogP contribution >= 0.6 is 0 Å². The second-order valence-electron chi connectivity index (χ2n) is 4.85. The fraction of sp³-hybridized carbons (Fsp3) is 0.462. The van der Waals surface area contributed by atoms with Gasteiger partial charge in [0.1, 0.15) is 12.0 Å². The summed E-state index contributed by atoms with van der Waals surface area (Å²) in [7, 11) is 0. The van der Waals surface area contributed by atoms with E-state index in [0.29, 0.717) is 12.3 Å². The molecular weight excluding hydrogens is 230 g/mol. The van der Waals surface area contributed by atoms with Gasteiger partial charge in [-0.25, -0.2) is 9.97 Å². The lowest BCUT2D eigenvalue weighted by molar-refractivity contribution is -0.136. The number of rotatable bonds is 5. The Bertz CT molecular complexity index is 560. The van der Waals surface area contributed by atoms with Crippen LogP contribution in [0.3, 0.4) is 0 Å². The predicted octanol–water partition coefficient (Wildman–Crippen LogP) is 2.17. The first kappa shape index (κ1) is 12.5. The van der Waals surface area contributed by atoms with E-state index in [1.165, 1.54) is 0 Å². The second kappa shape index (κ2) is 5.16. The normalized spacial score (nSPS) is 11.3. The molecule has 2 rings (SSSR count). The van der Waals surface area contributed by atoms with Gasteiger partial charge in [-0.3, -0.25) is 4.79 Å². The summed E-state index contributed by atoms with van der Waals surface area (Å²) in [6.45, 7) is 4.27. The van der Waals surface area contributed by atoms with Crippen LogP contribution in [0.5, 0.6) is 0 Å². The van der Waals surface area contributed by atoms with E-state index in [1.54, 1.807) is 6.33 Å². The lowest BCUT2D eigenvalue weighted by Gasteiger charge is -2.06. The van der Waals surface area contributed by atoms with Crippen LogP contribution in [0.25, 0.3) is 11.0 Å². The number of nitrogens with zero attached hydrogens (tertiary/aromatic N) is 2. The quantitative estimate of drug-likeness (QED) is 0.848. The Hall–Kier alpha value is -1.91. The minimum atomic E-state index is -0.786. The molecule has 5 nitrogen and oxygen atoms in total. The molecule has 0 aliphatic heterocycles. The summed E-state index contributed by atoms with van der Waals surface area (Å²) in [5.74, 6) is -0.281. The van der Waals surface area contributed by atoms with Gasteiger partial charge >= 0.3 is 5.97 Å². The van der Waals surface area contributed by atoms with Gasteiger partial charge in [-0.15, -0.1) is 0 Å². The number of nitrogens with one attached hydrogen (secondary N) is 1. The number of aliphatic carboxylic acids is 1. The number of aromatic amines is 1. The number of aromatic nitrogens is 3. The number of aryl methyl sites for hydroxylation is 1. The lowest BCUT2D eigenvalue weighted by Crippen LogP contribution is -2.01. The van der Waals surface area contributed by atoms with Crippen molar-refractivity contribution in [2.24, 2.45) is 5.92 Å². The van der Waals surface area contributed by atoms with Gasteiger partial charge in [0.05, 0.1) is 5.69 Å². The SMILES string of the molecule is CC(C)Cc1ncnc2[nH]cc(CCC(=O)O)c12. The molecule has 0 unspecified atom stereocenters. The highest BCUT2D eigenvalue weighted by Crippen LogP contribution is 2.22. The van der Waals surface area contributed by atoms with E-state index in [9.17, 15) is 4.79 Å². The van der Waals surface area contributed by atoms with E-state index >= 15 is 0 Å². The fourth-order valence-electron chi connectivity index (χ4n) is 2.08. The van der Waals surface area contributed by atoms with E-state index in [0.717, 1.165) is 28.7 Å². The molecule has 0 aliphatic carbocycles. The number of hydrogen-bond donors (Lipinski definition) is 2. The molecule has 0 bridgehead atoms. The van der Waals surface area contributed by atoms with Crippen molar-refractivity contribution in [1.82, 2.24) is 15.0 Å². The maximum absolute atomic E-state index is 10.7. The molecule has 2 aromatic rings. The molecule has 0 spiro atoms. The summed E-state index contributed by atoms with van der Waals surface area (Å²) >= 11 is 0. The zero-order chi connectivity index (χ0) is 13.1. The number of carboxylic acids is 1. The highest BCUT2D eigenvalue weighted by Gasteiger charge is 2.12. The summed E-state index contributed by atoms with van der Waals surface area (Å²) in [4.78, 5) is 22.2. The van der Waals surface area contributed by atoms with Gasteiger partial charge in [0.15, 0.2) is 0 Å². The van der Waals surface area contributed by atoms with Gasteiger partial charge in [-0.05, 0) is 24.3 Å². The smallest absolute Gasteiger partial charge is 0.303 e. The van der Waals surface area contributed by atoms with E-state index in [1.807, 2.05) is 6.20 Å². The number of H-pyrrole nitrogens is 1. The molecule has 0 aromatic carbocycles. The van der Waals surface area contributed by atoms with Crippen molar-refractivity contribution in [2.75, 3.05) is 0 Å². The maximum atomic E-state index is 10.7. The van der Waals surface area contributed by atoms with Crippen molar-refractivity contribution in [1.29, 1.82) is 0 Å². The Kier molecular flexibility index (Phi) is 3.60. The van der Waals surface area contributed by atoms with Crippen LogP contribution in [-0.2, 0) is 17.6 Å². The first-order valence-electron chi connectivity index (χ1n) is 6.09. The average molecular weight is 247 g/mol. The Balaban J connectivity index is 2.38. The molecule has 2 heterocycles. The second-order valence-corrected chi connectivity index (χ2v) is 4.85. The van der Waals surface area contributed by atoms with Crippen LogP contribution in [0.1, 0.15) is 31.5 Å². The van der Waals surface area contributed by atoms with Crippen molar-refractivity contribution in [3.05, 3.63) is 23.8 Å². The zero-order valence-corrected chi connectivity index (χ0v) is 10.6. The summed E-state index contributed by atoms with van der Waals surface area (Å²) in [5.41, 5.74) is 2.78. The molecule has 0 atom stereocenters. The van der Waals surface area contributed by atoms with E-state index in [-0.39, 0.29) is 6.42 Å². The van der Waals surface area contributed by atoms with Crippen LogP contribution < -0.4 is 0 Å². The van der Waals surface area contributed by atoms with Gasteiger partial charge in [0.25, 0.3) is 0 Å². The zero-order valence-electron chi connectivity index (χ0n) is 10.6. The highest BCUT2D eigenvalue weighted by molar-refractivity contribution is 5.82. The molecule has 0 saturated heterocycles. The fourth-order valence-corrected chi connectivity index (χ4v) is 2.08. The van der Waals surface area contributed by atoms with Crippen LogP contribution in [0.15, 0.2) is 12.5 Å². The summed E-state index contributed by atoms with van der Waals surface area (Å²) in [5, 5.41) is 9.75. The third-order valence-electron chi connectivity index (χ3n) is 2.84. The molecule has 18 heavy (non-hydrogen) atoms. The molecule has 96 valence electrons. The summed E-state index contributed by atoms with van der Waals surface area (Å²) in [6, 6.07) is 0. The summed E-state index contributed by atoms with van der Waals surface area (Å²) in [6.07, 6.45) is 4.90. The standard InChI is InChI=1S/C13H17N3O2/c1-8(2)5-10-12-9(3-4-11(17)18)6-14-13(12)16-7-15-10/h6-8H,3-5H2,1-2H3,(H,17,18)(H,14,15,16). The number of carboxylic acid groups (broad SMARTS) is 1. The molecule has 0 amide bonds. The van der Waals surface area contributed by atoms with Crippen LogP contribution in [0.2, 0.25) is 0 Å². The molecule has 0 aliphatic rings. The Morgan fingerprint density at radius 3 is 2.89 bits per heavy atom. The van der Waals surface area contributed by atoms with E-state index in [2.05, 4.69) is 28.8 Å². The van der Waals surface area contributed by atoms with Crippen LogP contribution in [0.4, 0.5) is 0 Å². The maximum Gasteiger partial charge on any atom is 0.303 e. The van der Waals surface area contributed by atoms with Crippen molar-refractivity contribution < 1.29 is 9.90 Å². The van der Waals surface area contributed by atoms with Gasteiger partial charge in [-0.1, -0.05) is 13.8 Å². The Morgan fingerprint density at radius 2 is 2.22 bits per heavy atom. The minimum Gasteiger partial charge on any atom is -0.481 e. The minimum absolute atomic E-state index is 0.128. The average Bonchev–Trinajstić information content (AvgIpc) is 2.70. The first-order valence-corrected chi connectivity index (χ1v) is 6.09. The molecule has 0 fully saturated rings. The van der Waals surface area contributed by atoms with Crippen molar-refractivity contribution in [3.63, 3.8) is 0 Å². The van der Waals surface area contributed by atoms with E-state index in [4.69, 9.17) is 5.11 Å². The predicted molar refractivity (Wildman–Crippen MR) is 68.4 cm³/mol. The molecule has 0 saturated carbocycles. The first-order chi connectivity index (χ1) is 8.58. The topological polar surface area (TPSA) is 78.9 Å². The highest BCUT2D eigenvalue weighted by atomic mass is 16.4. The van der Waals surface area contributed by atoms with Gasteiger partial charge in [0.2, 0.25) is 0 Å². The number of fused-ring (bicyclic) bond motifs is 1. The van der Waals surface area contributed by atoms with Crippen LogP contribution in [-0.4, -0.2) is 26.0 Å². The Morgan fingerprint density at radius 1 is 1.44 bits per heavy atom. The Labute approximate surface area is 105 Å². The van der Waals surface area contributed by atoms with Crippen LogP contribution in [0, 0.1) is 5.92 Å². The molecule has 0 radical (unpaired) electrons. The third kappa shape index (κ3) is 2.67. The van der Waals surface area contributed by atoms with Crippen molar-refractivity contribution in [3.8, 4) is 0 Å². The molecule has 2 aromatic heterocycles. The molecular formula is C13H17N3O2. The monoisotopic (exact) mass is 247 g/mol. The lowest BCUT2D eigenvalue weighted by atomic mass is 10.0. The largest absolute Gasteiger partial charge is 0.481 e.